The third kappa shape index (κ3) is 4.32. The first kappa shape index (κ1) is 21.8. The van der Waals surface area contributed by atoms with Gasteiger partial charge in [0.25, 0.3) is 11.8 Å². The van der Waals surface area contributed by atoms with Crippen LogP contribution in [-0.4, -0.2) is 54.0 Å². The zero-order valence-electron chi connectivity index (χ0n) is 17.6. The molecule has 1 aromatic rings. The SMILES string of the molecule is CCCC1(CCC)NC(=O)N(CC(=O)OCC(=O)N2CCCc3ccccc32)C1=O. The number of carbonyl (C=O) groups excluding carboxylic acids is 4. The minimum absolute atomic E-state index is 0.320. The number of hydrogen-bond donors (Lipinski definition) is 1. The molecule has 1 aromatic carbocycles. The number of imide groups is 1. The first-order chi connectivity index (χ1) is 14.4. The molecule has 0 spiro atoms. The van der Waals surface area contributed by atoms with E-state index in [1.807, 2.05) is 38.1 Å². The number of esters is 1. The summed E-state index contributed by atoms with van der Waals surface area (Å²) in [6.45, 7) is 3.53. The van der Waals surface area contributed by atoms with Crippen molar-refractivity contribution in [3.8, 4) is 0 Å². The van der Waals surface area contributed by atoms with Gasteiger partial charge in [-0.2, -0.15) is 0 Å². The fourth-order valence-electron chi connectivity index (χ4n) is 4.32. The van der Waals surface area contributed by atoms with Crippen molar-refractivity contribution in [1.82, 2.24) is 10.2 Å². The Morgan fingerprint density at radius 1 is 1.13 bits per heavy atom. The minimum Gasteiger partial charge on any atom is -0.454 e. The monoisotopic (exact) mass is 415 g/mol. The number of aryl methyl sites for hydroxylation is 1. The van der Waals surface area contributed by atoms with Crippen LogP contribution in [0.5, 0.6) is 0 Å². The Hall–Kier alpha value is -2.90. The Kier molecular flexibility index (Phi) is 6.74. The lowest BCUT2D eigenvalue weighted by Crippen LogP contribution is -2.47. The molecule has 30 heavy (non-hydrogen) atoms. The van der Waals surface area contributed by atoms with Crippen LogP contribution in [-0.2, 0) is 25.5 Å². The summed E-state index contributed by atoms with van der Waals surface area (Å²) < 4.78 is 5.11. The van der Waals surface area contributed by atoms with Gasteiger partial charge in [0, 0.05) is 12.2 Å². The highest BCUT2D eigenvalue weighted by Crippen LogP contribution is 2.28. The Labute approximate surface area is 176 Å². The molecule has 0 unspecified atom stereocenters. The largest absolute Gasteiger partial charge is 0.454 e. The van der Waals surface area contributed by atoms with Crippen molar-refractivity contribution in [3.63, 3.8) is 0 Å². The highest BCUT2D eigenvalue weighted by atomic mass is 16.5. The topological polar surface area (TPSA) is 96.0 Å². The molecule has 4 amide bonds. The number of amides is 4. The van der Waals surface area contributed by atoms with Crippen LogP contribution < -0.4 is 10.2 Å². The second kappa shape index (κ2) is 9.28. The maximum Gasteiger partial charge on any atom is 0.326 e. The summed E-state index contributed by atoms with van der Waals surface area (Å²) in [5.41, 5.74) is 0.975. The summed E-state index contributed by atoms with van der Waals surface area (Å²) in [5, 5.41) is 2.76. The van der Waals surface area contributed by atoms with E-state index in [1.54, 1.807) is 4.90 Å². The Bertz CT molecular complexity index is 832. The van der Waals surface area contributed by atoms with E-state index >= 15 is 0 Å². The number of anilines is 1. The van der Waals surface area contributed by atoms with Crippen LogP contribution in [0.4, 0.5) is 10.5 Å². The number of fused-ring (bicyclic) bond motifs is 1. The minimum atomic E-state index is -0.950. The first-order valence-corrected chi connectivity index (χ1v) is 10.6. The van der Waals surface area contributed by atoms with Gasteiger partial charge >= 0.3 is 12.0 Å². The predicted molar refractivity (Wildman–Crippen MR) is 111 cm³/mol. The highest BCUT2D eigenvalue weighted by Gasteiger charge is 2.50. The van der Waals surface area contributed by atoms with E-state index < -0.39 is 36.6 Å². The van der Waals surface area contributed by atoms with Gasteiger partial charge in [0.2, 0.25) is 0 Å². The third-order valence-corrected chi connectivity index (χ3v) is 5.65. The zero-order chi connectivity index (χ0) is 21.7. The van der Waals surface area contributed by atoms with Crippen LogP contribution in [0, 0.1) is 0 Å². The molecule has 0 aromatic heterocycles. The number of benzene rings is 1. The van der Waals surface area contributed by atoms with E-state index in [9.17, 15) is 19.2 Å². The predicted octanol–water partition coefficient (Wildman–Crippen LogP) is 2.40. The number of rotatable bonds is 8. The van der Waals surface area contributed by atoms with E-state index in [4.69, 9.17) is 4.74 Å². The van der Waals surface area contributed by atoms with Gasteiger partial charge in [-0.25, -0.2) is 4.79 Å². The normalized spacial score (nSPS) is 17.5. The molecule has 162 valence electrons. The van der Waals surface area contributed by atoms with Crippen LogP contribution in [0.1, 0.15) is 51.5 Å². The van der Waals surface area contributed by atoms with Crippen LogP contribution in [0.25, 0.3) is 0 Å². The average molecular weight is 415 g/mol. The van der Waals surface area contributed by atoms with Gasteiger partial charge in [-0.1, -0.05) is 44.9 Å². The lowest BCUT2D eigenvalue weighted by Gasteiger charge is -2.29. The molecule has 3 rings (SSSR count). The lowest BCUT2D eigenvalue weighted by atomic mass is 9.88. The quantitative estimate of drug-likeness (QED) is 0.520. The van der Waals surface area contributed by atoms with Crippen molar-refractivity contribution in [2.45, 2.75) is 57.9 Å². The fourth-order valence-corrected chi connectivity index (χ4v) is 4.32. The summed E-state index contributed by atoms with van der Waals surface area (Å²) in [4.78, 5) is 52.5. The number of ether oxygens (including phenoxy) is 1. The highest BCUT2D eigenvalue weighted by molar-refractivity contribution is 6.08. The smallest absolute Gasteiger partial charge is 0.326 e. The van der Waals surface area contributed by atoms with E-state index in [2.05, 4.69) is 5.32 Å². The molecule has 1 fully saturated rings. The zero-order valence-corrected chi connectivity index (χ0v) is 17.6. The van der Waals surface area contributed by atoms with Crippen molar-refractivity contribution >= 4 is 29.5 Å². The second-order valence-electron chi connectivity index (χ2n) is 7.84. The molecular formula is C22H29N3O5. The van der Waals surface area contributed by atoms with E-state index in [-0.39, 0.29) is 5.91 Å². The maximum absolute atomic E-state index is 12.8. The third-order valence-electron chi connectivity index (χ3n) is 5.65. The van der Waals surface area contributed by atoms with Crippen molar-refractivity contribution in [1.29, 1.82) is 0 Å². The average Bonchev–Trinajstić information content (AvgIpc) is 2.96. The first-order valence-electron chi connectivity index (χ1n) is 10.6. The van der Waals surface area contributed by atoms with Gasteiger partial charge in [-0.05, 0) is 37.3 Å². The number of nitrogens with one attached hydrogen (secondary N) is 1. The number of urea groups is 1. The Morgan fingerprint density at radius 2 is 1.83 bits per heavy atom. The second-order valence-corrected chi connectivity index (χ2v) is 7.84. The van der Waals surface area contributed by atoms with Crippen LogP contribution in [0.15, 0.2) is 24.3 Å². The Morgan fingerprint density at radius 3 is 2.53 bits per heavy atom. The maximum atomic E-state index is 12.8. The van der Waals surface area contributed by atoms with Crippen molar-refractivity contribution < 1.29 is 23.9 Å². The van der Waals surface area contributed by atoms with Crippen molar-refractivity contribution in [3.05, 3.63) is 29.8 Å². The molecule has 8 nitrogen and oxygen atoms in total. The van der Waals surface area contributed by atoms with E-state index in [0.717, 1.165) is 41.8 Å². The molecule has 0 aliphatic carbocycles. The van der Waals surface area contributed by atoms with Gasteiger partial charge in [-0.3, -0.25) is 19.3 Å². The summed E-state index contributed by atoms with van der Waals surface area (Å²) in [6, 6.07) is 7.07. The summed E-state index contributed by atoms with van der Waals surface area (Å²) in [5.74, 6) is -1.50. The molecule has 0 saturated carbocycles. The molecule has 0 atom stereocenters. The van der Waals surface area contributed by atoms with Crippen molar-refractivity contribution in [2.75, 3.05) is 24.6 Å². The summed E-state index contributed by atoms with van der Waals surface area (Å²) >= 11 is 0. The molecule has 8 heteroatoms. The number of hydrogen-bond acceptors (Lipinski definition) is 5. The fraction of sp³-hybridized carbons (Fsp3) is 0.545. The standard InChI is InChI=1S/C22H29N3O5/c1-3-11-22(12-4-2)20(28)25(21(29)23-22)14-19(27)30-15-18(26)24-13-7-9-16-8-5-6-10-17(16)24/h5-6,8,10H,3-4,7,9,11-15H2,1-2H3,(H,23,29). The van der Waals surface area contributed by atoms with Gasteiger partial charge in [-0.15, -0.1) is 0 Å². The molecule has 2 aliphatic rings. The number of para-hydroxylation sites is 1. The molecule has 2 aliphatic heterocycles. The molecular weight excluding hydrogens is 386 g/mol. The van der Waals surface area contributed by atoms with E-state index in [0.29, 0.717) is 19.4 Å². The number of carbonyl (C=O) groups is 4. The molecule has 0 radical (unpaired) electrons. The van der Waals surface area contributed by atoms with Gasteiger partial charge in [0.15, 0.2) is 6.61 Å². The van der Waals surface area contributed by atoms with Gasteiger partial charge in [0.1, 0.15) is 12.1 Å². The van der Waals surface area contributed by atoms with Crippen LogP contribution in [0.2, 0.25) is 0 Å². The molecule has 1 saturated heterocycles. The van der Waals surface area contributed by atoms with Crippen LogP contribution in [0.3, 0.4) is 0 Å². The van der Waals surface area contributed by atoms with Gasteiger partial charge < -0.3 is 15.0 Å². The summed E-state index contributed by atoms with van der Waals surface area (Å²) in [6.07, 6.45) is 4.25. The Balaban J connectivity index is 1.58. The molecule has 2 heterocycles. The molecule has 1 N–H and O–H groups in total. The van der Waals surface area contributed by atoms with Crippen LogP contribution >= 0.6 is 0 Å². The summed E-state index contributed by atoms with van der Waals surface area (Å²) in [7, 11) is 0. The lowest BCUT2D eigenvalue weighted by molar-refractivity contribution is -0.150. The van der Waals surface area contributed by atoms with Crippen molar-refractivity contribution in [2.24, 2.45) is 0 Å². The van der Waals surface area contributed by atoms with Gasteiger partial charge in [0.05, 0.1) is 0 Å². The number of nitrogens with zero attached hydrogens (tertiary/aromatic N) is 2. The molecule has 0 bridgehead atoms. The van der Waals surface area contributed by atoms with E-state index in [1.165, 1.54) is 0 Å².